The zero-order chi connectivity index (χ0) is 25.0. The van der Waals surface area contributed by atoms with Crippen molar-refractivity contribution in [2.45, 2.75) is 122 Å². The van der Waals surface area contributed by atoms with E-state index in [4.69, 9.17) is 4.74 Å². The van der Waals surface area contributed by atoms with Gasteiger partial charge in [-0.3, -0.25) is 9.59 Å². The molecule has 0 unspecified atom stereocenters. The molecule has 0 atom stereocenters. The molecule has 0 fully saturated rings. The molecule has 0 aliphatic rings. The van der Waals surface area contributed by atoms with Crippen LogP contribution in [-0.2, 0) is 14.3 Å². The third kappa shape index (κ3) is 27.2. The number of rotatable bonds is 26. The summed E-state index contributed by atoms with van der Waals surface area (Å²) < 4.78 is 5.56. The number of amides is 2. The molecule has 200 valence electrons. The number of carbonyl (C=O) groups is 2. The molecule has 0 rings (SSSR count). The van der Waals surface area contributed by atoms with Gasteiger partial charge in [0.2, 0.25) is 11.8 Å². The van der Waals surface area contributed by atoms with E-state index >= 15 is 0 Å². The summed E-state index contributed by atoms with van der Waals surface area (Å²) in [4.78, 5) is 23.3. The topological polar surface area (TPSA) is 67.4 Å². The lowest BCUT2D eigenvalue weighted by Crippen LogP contribution is -2.27. The lowest BCUT2D eigenvalue weighted by molar-refractivity contribution is -0.122. The number of carbonyl (C=O) groups excluding carboxylic acids is 2. The molecule has 0 aromatic carbocycles. The van der Waals surface area contributed by atoms with Crippen molar-refractivity contribution in [2.75, 3.05) is 32.1 Å². The zero-order valence-electron chi connectivity index (χ0n) is 22.1. The van der Waals surface area contributed by atoms with E-state index in [9.17, 15) is 9.59 Å². The fraction of sp³-hybridized carbons (Fsp3) is 0.857. The van der Waals surface area contributed by atoms with Gasteiger partial charge in [-0.1, -0.05) is 76.9 Å². The Morgan fingerprint density at radius 1 is 0.647 bits per heavy atom. The van der Waals surface area contributed by atoms with Crippen LogP contribution in [0.4, 0.5) is 0 Å². The second-order valence-electron chi connectivity index (χ2n) is 9.18. The summed E-state index contributed by atoms with van der Waals surface area (Å²) in [7, 11) is 0. The lowest BCUT2D eigenvalue weighted by Gasteiger charge is -2.07. The molecule has 2 amide bonds. The molecule has 6 heteroatoms. The summed E-state index contributed by atoms with van der Waals surface area (Å²) in [6, 6.07) is 0. The van der Waals surface area contributed by atoms with Gasteiger partial charge in [-0.05, 0) is 44.9 Å². The molecule has 0 saturated heterocycles. The van der Waals surface area contributed by atoms with Crippen molar-refractivity contribution >= 4 is 24.4 Å². The Bertz CT molecular complexity index is 486. The summed E-state index contributed by atoms with van der Waals surface area (Å²) in [5.41, 5.74) is 0. The average molecular weight is 499 g/mol. The van der Waals surface area contributed by atoms with Gasteiger partial charge >= 0.3 is 0 Å². The Balaban J connectivity index is 3.25. The minimum absolute atomic E-state index is 0.101. The van der Waals surface area contributed by atoms with E-state index in [0.717, 1.165) is 32.1 Å². The van der Waals surface area contributed by atoms with Gasteiger partial charge in [-0.2, -0.15) is 12.6 Å². The maximum atomic E-state index is 11.9. The molecular weight excluding hydrogens is 444 g/mol. The second kappa shape index (κ2) is 28.2. The van der Waals surface area contributed by atoms with Gasteiger partial charge in [-0.15, -0.1) is 0 Å². The van der Waals surface area contributed by atoms with Crippen LogP contribution in [0.25, 0.3) is 0 Å². The molecule has 0 bridgehead atoms. The summed E-state index contributed by atoms with van der Waals surface area (Å²) in [5, 5.41) is 5.75. The highest BCUT2D eigenvalue weighted by atomic mass is 32.1. The number of allylic oxidation sites excluding steroid dienone is 2. The summed E-state index contributed by atoms with van der Waals surface area (Å²) in [6.45, 7) is 4.72. The van der Waals surface area contributed by atoms with Gasteiger partial charge in [0.15, 0.2) is 0 Å². The van der Waals surface area contributed by atoms with Crippen LogP contribution in [0, 0.1) is 0 Å². The number of hydrogen-bond donors (Lipinski definition) is 3. The van der Waals surface area contributed by atoms with Crippen LogP contribution in [0.3, 0.4) is 0 Å². The fourth-order valence-electron chi connectivity index (χ4n) is 3.76. The Morgan fingerprint density at radius 3 is 1.74 bits per heavy atom. The molecule has 0 aliphatic heterocycles. The van der Waals surface area contributed by atoms with Crippen molar-refractivity contribution in [3.05, 3.63) is 12.2 Å². The highest BCUT2D eigenvalue weighted by Crippen LogP contribution is 2.10. The van der Waals surface area contributed by atoms with Gasteiger partial charge in [0.05, 0.1) is 6.61 Å². The molecule has 0 aromatic rings. The number of nitrogens with one attached hydrogen (secondary N) is 2. The zero-order valence-corrected chi connectivity index (χ0v) is 23.0. The fourth-order valence-corrected chi connectivity index (χ4v) is 3.87. The standard InChI is InChI=1S/C28H54N2O3S/c1-2-3-4-5-6-7-8-9-10-11-12-13-14-15-17-20-27(31)29-22-25-33-24-19-16-18-21-28(32)30-23-26-34/h9-10,34H,2-8,11-26H2,1H3,(H,29,31)(H,30,32)/b10-9-. The average Bonchev–Trinajstić information content (AvgIpc) is 2.84. The molecule has 0 saturated carbocycles. The van der Waals surface area contributed by atoms with Crippen molar-refractivity contribution in [1.82, 2.24) is 10.6 Å². The maximum absolute atomic E-state index is 11.9. The Morgan fingerprint density at radius 2 is 1.15 bits per heavy atom. The summed E-state index contributed by atoms with van der Waals surface area (Å²) in [6.07, 6.45) is 25.2. The van der Waals surface area contributed by atoms with E-state index in [-0.39, 0.29) is 11.8 Å². The van der Waals surface area contributed by atoms with Gasteiger partial charge in [0.1, 0.15) is 0 Å². The largest absolute Gasteiger partial charge is 0.380 e. The van der Waals surface area contributed by atoms with Crippen LogP contribution in [0.5, 0.6) is 0 Å². The normalized spacial score (nSPS) is 11.2. The number of hydrogen-bond acceptors (Lipinski definition) is 4. The quantitative estimate of drug-likeness (QED) is 0.0701. The predicted molar refractivity (Wildman–Crippen MR) is 149 cm³/mol. The number of ether oxygens (including phenoxy) is 1. The highest BCUT2D eigenvalue weighted by Gasteiger charge is 2.01. The molecule has 0 aromatic heterocycles. The smallest absolute Gasteiger partial charge is 0.220 e. The first-order valence-electron chi connectivity index (χ1n) is 14.1. The SMILES string of the molecule is CCCCCCCC/C=C\CCCCCCCC(=O)NCCOCCCCCC(=O)NCCS. The predicted octanol–water partition coefficient (Wildman–Crippen LogP) is 6.76. The number of unbranched alkanes of at least 4 members (excludes halogenated alkanes) is 13. The molecule has 0 spiro atoms. The van der Waals surface area contributed by atoms with Crippen molar-refractivity contribution in [3.63, 3.8) is 0 Å². The third-order valence-electron chi connectivity index (χ3n) is 5.86. The molecule has 0 heterocycles. The molecule has 0 radical (unpaired) electrons. The van der Waals surface area contributed by atoms with Crippen molar-refractivity contribution in [2.24, 2.45) is 0 Å². The van der Waals surface area contributed by atoms with Gasteiger partial charge in [0, 0.05) is 38.3 Å². The van der Waals surface area contributed by atoms with Gasteiger partial charge < -0.3 is 15.4 Å². The second-order valence-corrected chi connectivity index (χ2v) is 9.63. The Labute approximate surface area is 216 Å². The monoisotopic (exact) mass is 498 g/mol. The van der Waals surface area contributed by atoms with Crippen molar-refractivity contribution < 1.29 is 14.3 Å². The number of thiol groups is 1. The molecule has 34 heavy (non-hydrogen) atoms. The van der Waals surface area contributed by atoms with Crippen LogP contribution >= 0.6 is 12.6 Å². The molecular formula is C28H54N2O3S. The highest BCUT2D eigenvalue weighted by molar-refractivity contribution is 7.80. The minimum Gasteiger partial charge on any atom is -0.380 e. The van der Waals surface area contributed by atoms with Gasteiger partial charge in [0.25, 0.3) is 0 Å². The van der Waals surface area contributed by atoms with E-state index < -0.39 is 0 Å². The van der Waals surface area contributed by atoms with Crippen molar-refractivity contribution in [3.8, 4) is 0 Å². The minimum atomic E-state index is 0.101. The van der Waals surface area contributed by atoms with Crippen LogP contribution in [0.2, 0.25) is 0 Å². The van der Waals surface area contributed by atoms with Crippen LogP contribution in [0.1, 0.15) is 122 Å². The Hall–Kier alpha value is -1.01. The first-order valence-corrected chi connectivity index (χ1v) is 14.7. The molecule has 5 nitrogen and oxygen atoms in total. The van der Waals surface area contributed by atoms with Crippen LogP contribution < -0.4 is 10.6 Å². The van der Waals surface area contributed by atoms with Gasteiger partial charge in [-0.25, -0.2) is 0 Å². The first-order chi connectivity index (χ1) is 16.7. The molecule has 0 aliphatic carbocycles. The maximum Gasteiger partial charge on any atom is 0.220 e. The summed E-state index contributed by atoms with van der Waals surface area (Å²) in [5.74, 6) is 0.908. The van der Waals surface area contributed by atoms with E-state index in [2.05, 4.69) is 42.3 Å². The summed E-state index contributed by atoms with van der Waals surface area (Å²) >= 11 is 4.07. The van der Waals surface area contributed by atoms with E-state index in [1.54, 1.807) is 0 Å². The molecule has 2 N–H and O–H groups in total. The first kappa shape index (κ1) is 33.0. The Kier molecular flexibility index (Phi) is 27.4. The van der Waals surface area contributed by atoms with E-state index in [1.807, 2.05) is 0 Å². The lowest BCUT2D eigenvalue weighted by atomic mass is 10.1. The van der Waals surface area contributed by atoms with Crippen LogP contribution in [0.15, 0.2) is 12.2 Å². The van der Waals surface area contributed by atoms with Crippen molar-refractivity contribution in [1.29, 1.82) is 0 Å². The third-order valence-corrected chi connectivity index (χ3v) is 6.08. The van der Waals surface area contributed by atoms with E-state index in [1.165, 1.54) is 70.6 Å². The van der Waals surface area contributed by atoms with E-state index in [0.29, 0.717) is 44.9 Å². The van der Waals surface area contributed by atoms with Crippen LogP contribution in [-0.4, -0.2) is 43.9 Å².